The van der Waals surface area contributed by atoms with Gasteiger partial charge in [-0.2, -0.15) is 4.98 Å². The molecule has 0 radical (unpaired) electrons. The number of anilines is 1. The molecule has 1 N–H and O–H groups in total. The zero-order chi connectivity index (χ0) is 37.4. The fourth-order valence-corrected chi connectivity index (χ4v) is 7.04. The van der Waals surface area contributed by atoms with Gasteiger partial charge in [-0.3, -0.25) is 23.9 Å². The van der Waals surface area contributed by atoms with E-state index in [9.17, 15) is 14.4 Å². The third-order valence-corrected chi connectivity index (χ3v) is 10.1. The fraction of sp³-hybridized carbons (Fsp3) is 0.250. The summed E-state index contributed by atoms with van der Waals surface area (Å²) in [6.07, 6.45) is 4.86. The number of rotatable bonds is 12. The highest BCUT2D eigenvalue weighted by atomic mass is 32.2. The molecule has 54 heavy (non-hydrogen) atoms. The predicted molar refractivity (Wildman–Crippen MR) is 202 cm³/mol. The van der Waals surface area contributed by atoms with Gasteiger partial charge in [0.25, 0.3) is 11.8 Å². The lowest BCUT2D eigenvalue weighted by Gasteiger charge is -2.30. The molecule has 3 aromatic heterocycles. The molecule has 1 saturated heterocycles. The molecule has 1 aliphatic heterocycles. The zero-order valence-corrected chi connectivity index (χ0v) is 30.6. The van der Waals surface area contributed by atoms with Crippen LogP contribution < -0.4 is 5.32 Å². The Hall–Kier alpha value is -6.15. The molecule has 6 aromatic rings. The van der Waals surface area contributed by atoms with Crippen molar-refractivity contribution in [3.63, 3.8) is 0 Å². The van der Waals surface area contributed by atoms with E-state index in [2.05, 4.69) is 49.7 Å². The van der Waals surface area contributed by atoms with Crippen LogP contribution in [0.3, 0.4) is 0 Å². The summed E-state index contributed by atoms with van der Waals surface area (Å²) in [5, 5.41) is 16.6. The molecule has 13 nitrogen and oxygen atoms in total. The lowest BCUT2D eigenvalue weighted by molar-refractivity contribution is -0.145. The molecule has 0 bridgehead atoms. The summed E-state index contributed by atoms with van der Waals surface area (Å²) in [6, 6.07) is 28.1. The SMILES string of the molecule is CCc1ccc(-n2c(SCC(=O)Nc3ccc(C(=O)N4CCC(c5noc(C(OC(C)=O)c6ccccc6)n5)CC4)cc3)nnc2-c2ccncc2)cc1. The summed E-state index contributed by atoms with van der Waals surface area (Å²) in [6.45, 7) is 4.49. The van der Waals surface area contributed by atoms with Gasteiger partial charge in [0.05, 0.1) is 5.75 Å². The number of hydrogen-bond donors (Lipinski definition) is 1. The van der Waals surface area contributed by atoms with Crippen molar-refractivity contribution in [2.24, 2.45) is 0 Å². The Balaban J connectivity index is 0.935. The van der Waals surface area contributed by atoms with Gasteiger partial charge >= 0.3 is 5.97 Å². The third-order valence-electron chi connectivity index (χ3n) is 9.14. The number of benzene rings is 3. The molecule has 0 saturated carbocycles. The minimum absolute atomic E-state index is 0.00608. The van der Waals surface area contributed by atoms with Gasteiger partial charge in [0.15, 0.2) is 16.8 Å². The second-order valence-corrected chi connectivity index (χ2v) is 13.7. The number of carbonyl (C=O) groups is 3. The molecule has 2 amide bonds. The molecule has 0 aliphatic carbocycles. The van der Waals surface area contributed by atoms with Crippen LogP contribution in [-0.2, 0) is 20.7 Å². The van der Waals surface area contributed by atoms with Crippen LogP contribution in [0, 0.1) is 0 Å². The third kappa shape index (κ3) is 8.39. The Labute approximate surface area is 316 Å². The number of nitrogens with one attached hydrogen (secondary N) is 1. The Morgan fingerprint density at radius 3 is 2.33 bits per heavy atom. The van der Waals surface area contributed by atoms with Gasteiger partial charge in [0.2, 0.25) is 12.0 Å². The quantitative estimate of drug-likeness (QED) is 0.105. The van der Waals surface area contributed by atoms with Crippen LogP contribution in [0.5, 0.6) is 0 Å². The first-order valence-corrected chi connectivity index (χ1v) is 18.7. The number of hydrogen-bond acceptors (Lipinski definition) is 11. The number of esters is 1. The maximum absolute atomic E-state index is 13.4. The molecule has 1 atom stereocenters. The van der Waals surface area contributed by atoms with Gasteiger partial charge in [0, 0.05) is 66.4 Å². The number of aryl methyl sites for hydroxylation is 1. The van der Waals surface area contributed by atoms with Crippen molar-refractivity contribution in [1.29, 1.82) is 0 Å². The highest BCUT2D eigenvalue weighted by Crippen LogP contribution is 2.31. The van der Waals surface area contributed by atoms with E-state index in [0.717, 1.165) is 23.2 Å². The summed E-state index contributed by atoms with van der Waals surface area (Å²) in [5.41, 5.74) is 4.83. The van der Waals surface area contributed by atoms with Gasteiger partial charge in [-0.25, -0.2) is 0 Å². The Morgan fingerprint density at radius 2 is 1.65 bits per heavy atom. The summed E-state index contributed by atoms with van der Waals surface area (Å²) >= 11 is 1.29. The number of carbonyl (C=O) groups excluding carboxylic acids is 3. The van der Waals surface area contributed by atoms with E-state index in [-0.39, 0.29) is 29.4 Å². The number of pyridine rings is 1. The highest BCUT2D eigenvalue weighted by Gasteiger charge is 2.30. The normalized spacial score (nSPS) is 13.7. The van der Waals surface area contributed by atoms with Crippen LogP contribution in [-0.4, -0.2) is 71.4 Å². The molecule has 1 aliphatic rings. The zero-order valence-electron chi connectivity index (χ0n) is 29.8. The molecular weight excluding hydrogens is 705 g/mol. The molecule has 1 fully saturated rings. The van der Waals surface area contributed by atoms with Crippen molar-refractivity contribution in [3.8, 4) is 17.1 Å². The Morgan fingerprint density at radius 1 is 0.926 bits per heavy atom. The Bertz CT molecular complexity index is 2200. The first kappa shape index (κ1) is 36.2. The van der Waals surface area contributed by atoms with Crippen LogP contribution in [0.15, 0.2) is 113 Å². The lowest BCUT2D eigenvalue weighted by Crippen LogP contribution is -2.38. The maximum Gasteiger partial charge on any atom is 0.303 e. The average Bonchev–Trinajstić information content (AvgIpc) is 3.88. The van der Waals surface area contributed by atoms with Gasteiger partial charge in [-0.1, -0.05) is 66.3 Å². The lowest BCUT2D eigenvalue weighted by atomic mass is 9.95. The van der Waals surface area contributed by atoms with Crippen LogP contribution in [0.4, 0.5) is 5.69 Å². The number of aromatic nitrogens is 6. The second-order valence-electron chi connectivity index (χ2n) is 12.8. The highest BCUT2D eigenvalue weighted by molar-refractivity contribution is 7.99. The molecule has 3 aromatic carbocycles. The molecule has 0 spiro atoms. The van der Waals surface area contributed by atoms with Gasteiger partial charge < -0.3 is 19.5 Å². The van der Waals surface area contributed by atoms with Crippen molar-refractivity contribution in [3.05, 3.63) is 132 Å². The molecular formula is C40H38N8O5S. The smallest absolute Gasteiger partial charge is 0.303 e. The minimum Gasteiger partial charge on any atom is -0.447 e. The summed E-state index contributed by atoms with van der Waals surface area (Å²) in [4.78, 5) is 48.8. The maximum atomic E-state index is 13.4. The number of amides is 2. The van der Waals surface area contributed by atoms with E-state index in [4.69, 9.17) is 9.26 Å². The summed E-state index contributed by atoms with van der Waals surface area (Å²) in [7, 11) is 0. The van der Waals surface area contributed by atoms with Crippen molar-refractivity contribution >= 4 is 35.2 Å². The molecule has 14 heteroatoms. The fourth-order valence-electron chi connectivity index (χ4n) is 6.29. The number of piperidine rings is 1. The number of ether oxygens (including phenoxy) is 1. The van der Waals surface area contributed by atoms with E-state index in [0.29, 0.717) is 54.0 Å². The van der Waals surface area contributed by atoms with Crippen molar-refractivity contribution in [2.75, 3.05) is 24.2 Å². The predicted octanol–water partition coefficient (Wildman–Crippen LogP) is 6.68. The van der Waals surface area contributed by atoms with E-state index in [1.807, 2.05) is 59.2 Å². The average molecular weight is 743 g/mol. The van der Waals surface area contributed by atoms with Crippen LogP contribution in [0.2, 0.25) is 0 Å². The van der Waals surface area contributed by atoms with Crippen LogP contribution >= 0.6 is 11.8 Å². The van der Waals surface area contributed by atoms with Crippen LogP contribution in [0.1, 0.15) is 71.9 Å². The van der Waals surface area contributed by atoms with Gasteiger partial charge in [0.1, 0.15) is 0 Å². The number of likely N-dealkylation sites (tertiary alicyclic amines) is 1. The van der Waals surface area contributed by atoms with Crippen molar-refractivity contribution in [1.82, 2.24) is 34.8 Å². The molecule has 1 unspecified atom stereocenters. The standard InChI is InChI=1S/C40H38N8O5S/c1-3-27-9-15-33(16-10-27)48-37(30-17-21-41-22-18-30)44-45-40(48)54-25-34(50)42-32-13-11-31(12-14-32)39(51)47-23-19-29(20-24-47)36-43-38(53-46-36)35(52-26(2)49)28-7-5-4-6-8-28/h4-18,21-22,29,35H,3,19-20,23-25H2,1-2H3,(H,42,50). The van der Waals surface area contributed by atoms with E-state index < -0.39 is 12.1 Å². The molecule has 274 valence electrons. The van der Waals surface area contributed by atoms with Crippen molar-refractivity contribution < 1.29 is 23.6 Å². The number of nitrogens with zero attached hydrogens (tertiary/aromatic N) is 7. The second kappa shape index (κ2) is 16.7. The van der Waals surface area contributed by atoms with Crippen molar-refractivity contribution in [2.45, 2.75) is 50.3 Å². The van der Waals surface area contributed by atoms with E-state index >= 15 is 0 Å². The minimum atomic E-state index is -0.792. The Kier molecular flexibility index (Phi) is 11.2. The largest absolute Gasteiger partial charge is 0.447 e. The summed E-state index contributed by atoms with van der Waals surface area (Å²) in [5.74, 6) is 0.749. The monoisotopic (exact) mass is 742 g/mol. The van der Waals surface area contributed by atoms with E-state index in [1.54, 1.807) is 41.6 Å². The topological polar surface area (TPSA) is 158 Å². The van der Waals surface area contributed by atoms with Gasteiger partial charge in [-0.05, 0) is 73.4 Å². The summed E-state index contributed by atoms with van der Waals surface area (Å²) < 4.78 is 13.0. The van der Waals surface area contributed by atoms with Gasteiger partial charge in [-0.15, -0.1) is 10.2 Å². The van der Waals surface area contributed by atoms with Crippen LogP contribution in [0.25, 0.3) is 17.1 Å². The van der Waals surface area contributed by atoms with E-state index in [1.165, 1.54) is 24.2 Å². The number of thioether (sulfide) groups is 1. The first-order valence-electron chi connectivity index (χ1n) is 17.7. The molecule has 4 heterocycles. The molecule has 7 rings (SSSR count). The first-order chi connectivity index (χ1) is 26.4.